The summed E-state index contributed by atoms with van der Waals surface area (Å²) in [5.74, 6) is 0.937. The molecule has 0 radical (unpaired) electrons. The number of rotatable bonds is 11. The molecule has 0 amide bonds. The van der Waals surface area contributed by atoms with Gasteiger partial charge in [-0.1, -0.05) is 6.42 Å². The maximum atomic E-state index is 5.11. The Kier molecular flexibility index (Phi) is 14.8. The predicted molar refractivity (Wildman–Crippen MR) is 123 cm³/mol. The van der Waals surface area contributed by atoms with Crippen molar-refractivity contribution in [3.63, 3.8) is 0 Å². The number of aliphatic imine (C=N–C) groups is 1. The van der Waals surface area contributed by atoms with Crippen molar-refractivity contribution in [1.82, 2.24) is 20.4 Å². The number of hydrogen-bond donors (Lipinski definition) is 2. The molecule has 1 saturated heterocycles. The van der Waals surface area contributed by atoms with Crippen LogP contribution in [0.4, 0.5) is 0 Å². The number of halogens is 1. The molecule has 1 fully saturated rings. The molecule has 0 spiro atoms. The molecule has 7 heteroatoms. The van der Waals surface area contributed by atoms with Crippen molar-refractivity contribution in [2.24, 2.45) is 4.99 Å². The highest BCUT2D eigenvalue weighted by Crippen LogP contribution is 2.20. The first-order valence-corrected chi connectivity index (χ1v) is 9.94. The number of piperidine rings is 1. The van der Waals surface area contributed by atoms with Crippen molar-refractivity contribution in [3.8, 4) is 0 Å². The van der Waals surface area contributed by atoms with Crippen molar-refractivity contribution < 1.29 is 4.74 Å². The molecule has 0 saturated carbocycles. The Morgan fingerprint density at radius 3 is 2.46 bits per heavy atom. The van der Waals surface area contributed by atoms with E-state index in [0.29, 0.717) is 0 Å². The fourth-order valence-electron chi connectivity index (χ4n) is 3.13. The van der Waals surface area contributed by atoms with Crippen LogP contribution >= 0.6 is 24.0 Å². The normalized spacial score (nSPS) is 16.5. The zero-order valence-corrected chi connectivity index (χ0v) is 20.0. The average molecular weight is 483 g/mol. The maximum Gasteiger partial charge on any atom is 0.191 e. The lowest BCUT2D eigenvalue weighted by atomic mass is 9.99. The minimum Gasteiger partial charge on any atom is -0.383 e. The molecule has 1 aliphatic heterocycles. The summed E-state index contributed by atoms with van der Waals surface area (Å²) in [5.41, 5.74) is 0.128. The van der Waals surface area contributed by atoms with E-state index in [1.54, 1.807) is 7.11 Å². The first kappa shape index (κ1) is 25.9. The molecule has 0 aromatic carbocycles. The third kappa shape index (κ3) is 10.9. The van der Waals surface area contributed by atoms with Gasteiger partial charge in [-0.05, 0) is 66.7 Å². The van der Waals surface area contributed by atoms with E-state index < -0.39 is 0 Å². The number of methoxy groups -OCH3 is 1. The monoisotopic (exact) mass is 483 g/mol. The van der Waals surface area contributed by atoms with Crippen LogP contribution in [0.3, 0.4) is 0 Å². The Balaban J connectivity index is 0.00000625. The highest BCUT2D eigenvalue weighted by atomic mass is 127. The van der Waals surface area contributed by atoms with Gasteiger partial charge in [0.25, 0.3) is 0 Å². The molecule has 156 valence electrons. The van der Waals surface area contributed by atoms with E-state index in [9.17, 15) is 0 Å². The molecule has 6 nitrogen and oxygen atoms in total. The van der Waals surface area contributed by atoms with Crippen LogP contribution in [0.5, 0.6) is 0 Å². The molecule has 26 heavy (non-hydrogen) atoms. The van der Waals surface area contributed by atoms with Crippen LogP contribution in [-0.2, 0) is 4.74 Å². The van der Waals surface area contributed by atoms with Gasteiger partial charge in [0, 0.05) is 32.3 Å². The topological polar surface area (TPSA) is 52.1 Å². The fourth-order valence-corrected chi connectivity index (χ4v) is 3.13. The Labute approximate surface area is 178 Å². The number of ether oxygens (including phenoxy) is 1. The van der Waals surface area contributed by atoms with Gasteiger partial charge in [0.1, 0.15) is 0 Å². The summed E-state index contributed by atoms with van der Waals surface area (Å²) < 4.78 is 5.11. The van der Waals surface area contributed by atoms with E-state index in [1.807, 2.05) is 0 Å². The van der Waals surface area contributed by atoms with Gasteiger partial charge in [0.05, 0.1) is 13.2 Å². The standard InChI is InChI=1S/C19H41N5O.HI/c1-6-20-18(21-11-10-12-23(4)15-16-25-5)22-17-19(2,3)24-13-8-7-9-14-24;/h6-17H2,1-5H3,(H2,20,21,22);1H. The lowest BCUT2D eigenvalue weighted by molar-refractivity contribution is 0.102. The summed E-state index contributed by atoms with van der Waals surface area (Å²) in [6, 6.07) is 0. The SMILES string of the molecule is CCNC(=NCC(C)(C)N1CCCCC1)NCCCN(C)CCOC.I. The molecular formula is C19H42IN5O. The third-order valence-corrected chi connectivity index (χ3v) is 4.87. The number of likely N-dealkylation sites (tertiary alicyclic amines) is 1. The molecule has 0 bridgehead atoms. The predicted octanol–water partition coefficient (Wildman–Crippen LogP) is 2.39. The average Bonchev–Trinajstić information content (AvgIpc) is 2.62. The quantitative estimate of drug-likeness (QED) is 0.205. The van der Waals surface area contributed by atoms with E-state index in [-0.39, 0.29) is 29.5 Å². The maximum absolute atomic E-state index is 5.11. The van der Waals surface area contributed by atoms with Crippen molar-refractivity contribution in [1.29, 1.82) is 0 Å². The fraction of sp³-hybridized carbons (Fsp3) is 0.947. The van der Waals surface area contributed by atoms with Gasteiger partial charge < -0.3 is 20.3 Å². The van der Waals surface area contributed by atoms with Crippen molar-refractivity contribution in [2.45, 2.75) is 52.0 Å². The van der Waals surface area contributed by atoms with E-state index in [4.69, 9.17) is 9.73 Å². The molecule has 0 aromatic rings. The van der Waals surface area contributed by atoms with Crippen LogP contribution in [-0.4, -0.2) is 87.9 Å². The third-order valence-electron chi connectivity index (χ3n) is 4.87. The van der Waals surface area contributed by atoms with E-state index in [2.05, 4.69) is 48.3 Å². The van der Waals surface area contributed by atoms with Crippen LogP contribution in [0.25, 0.3) is 0 Å². The van der Waals surface area contributed by atoms with E-state index in [1.165, 1.54) is 32.4 Å². The molecule has 1 aliphatic rings. The Bertz CT molecular complexity index is 373. The highest BCUT2D eigenvalue weighted by Gasteiger charge is 2.27. The van der Waals surface area contributed by atoms with Gasteiger partial charge in [-0.25, -0.2) is 0 Å². The minimum atomic E-state index is 0. The van der Waals surface area contributed by atoms with Gasteiger partial charge in [-0.15, -0.1) is 24.0 Å². The van der Waals surface area contributed by atoms with Crippen molar-refractivity contribution in [2.75, 3.05) is 66.6 Å². The molecule has 0 aliphatic carbocycles. The molecule has 0 atom stereocenters. The number of nitrogens with zero attached hydrogens (tertiary/aromatic N) is 3. The van der Waals surface area contributed by atoms with Crippen LogP contribution in [0, 0.1) is 0 Å². The molecule has 1 heterocycles. The Morgan fingerprint density at radius 1 is 1.15 bits per heavy atom. The molecule has 1 rings (SSSR count). The van der Waals surface area contributed by atoms with E-state index >= 15 is 0 Å². The van der Waals surface area contributed by atoms with E-state index in [0.717, 1.165) is 51.7 Å². The molecular weight excluding hydrogens is 441 g/mol. The lowest BCUT2D eigenvalue weighted by Gasteiger charge is -2.40. The Hall–Kier alpha value is -0.120. The summed E-state index contributed by atoms with van der Waals surface area (Å²) >= 11 is 0. The second-order valence-electron chi connectivity index (χ2n) is 7.63. The van der Waals surface area contributed by atoms with Gasteiger partial charge >= 0.3 is 0 Å². The van der Waals surface area contributed by atoms with Gasteiger partial charge in [0.15, 0.2) is 5.96 Å². The van der Waals surface area contributed by atoms with Gasteiger partial charge in [-0.2, -0.15) is 0 Å². The number of nitrogens with one attached hydrogen (secondary N) is 2. The first-order chi connectivity index (χ1) is 12.0. The largest absolute Gasteiger partial charge is 0.383 e. The minimum absolute atomic E-state index is 0. The molecule has 0 unspecified atom stereocenters. The van der Waals surface area contributed by atoms with Crippen molar-refractivity contribution >= 4 is 29.9 Å². The summed E-state index contributed by atoms with van der Waals surface area (Å²) in [5, 5.41) is 6.84. The van der Waals surface area contributed by atoms with Crippen molar-refractivity contribution in [3.05, 3.63) is 0 Å². The van der Waals surface area contributed by atoms with Gasteiger partial charge in [0.2, 0.25) is 0 Å². The van der Waals surface area contributed by atoms with Crippen LogP contribution in [0.15, 0.2) is 4.99 Å². The summed E-state index contributed by atoms with van der Waals surface area (Å²) in [6.45, 7) is 14.7. The van der Waals surface area contributed by atoms with Crippen LogP contribution < -0.4 is 10.6 Å². The first-order valence-electron chi connectivity index (χ1n) is 9.94. The molecule has 2 N–H and O–H groups in total. The summed E-state index contributed by atoms with van der Waals surface area (Å²) in [4.78, 5) is 9.74. The number of hydrogen-bond acceptors (Lipinski definition) is 4. The second kappa shape index (κ2) is 14.9. The number of likely N-dealkylation sites (N-methyl/N-ethyl adjacent to an activating group) is 1. The summed E-state index contributed by atoms with van der Waals surface area (Å²) in [7, 11) is 3.89. The highest BCUT2D eigenvalue weighted by molar-refractivity contribution is 14.0. The van der Waals surface area contributed by atoms with Gasteiger partial charge in [-0.3, -0.25) is 9.89 Å². The van der Waals surface area contributed by atoms with Crippen LogP contribution in [0.2, 0.25) is 0 Å². The summed E-state index contributed by atoms with van der Waals surface area (Å²) in [6.07, 6.45) is 5.11. The van der Waals surface area contributed by atoms with Crippen LogP contribution in [0.1, 0.15) is 46.5 Å². The smallest absolute Gasteiger partial charge is 0.191 e. The Morgan fingerprint density at radius 2 is 1.85 bits per heavy atom. The number of guanidine groups is 1. The zero-order valence-electron chi connectivity index (χ0n) is 17.6. The lowest BCUT2D eigenvalue weighted by Crippen LogP contribution is -2.49. The second-order valence-corrected chi connectivity index (χ2v) is 7.63. The zero-order chi connectivity index (χ0) is 18.5. The molecule has 0 aromatic heterocycles.